The van der Waals surface area contributed by atoms with Crippen molar-refractivity contribution in [2.24, 2.45) is 5.92 Å². The first-order chi connectivity index (χ1) is 19.4. The predicted octanol–water partition coefficient (Wildman–Crippen LogP) is 3.13. The van der Waals surface area contributed by atoms with Crippen molar-refractivity contribution in [3.63, 3.8) is 0 Å². The van der Waals surface area contributed by atoms with Crippen LogP contribution in [0.15, 0.2) is 48.5 Å². The fourth-order valence-corrected chi connectivity index (χ4v) is 4.83. The molecule has 1 fully saturated rings. The Kier molecular flexibility index (Phi) is 8.57. The topological polar surface area (TPSA) is 121 Å². The lowest BCUT2D eigenvalue weighted by Crippen LogP contribution is -2.35. The Morgan fingerprint density at radius 2 is 1.88 bits per heavy atom. The highest BCUT2D eigenvalue weighted by Crippen LogP contribution is 2.31. The summed E-state index contributed by atoms with van der Waals surface area (Å²) in [5.41, 5.74) is 11.2. The summed E-state index contributed by atoms with van der Waals surface area (Å²) in [5.74, 6) is 2.51. The number of aromatic nitrogens is 2. The van der Waals surface area contributed by atoms with Gasteiger partial charge in [-0.2, -0.15) is 0 Å². The maximum atomic E-state index is 12.2. The van der Waals surface area contributed by atoms with Crippen LogP contribution in [0, 0.1) is 5.92 Å². The molecule has 2 aliphatic heterocycles. The van der Waals surface area contributed by atoms with Crippen molar-refractivity contribution in [2.75, 3.05) is 38.1 Å². The average molecular weight is 544 g/mol. The molecule has 0 saturated carbocycles. The fourth-order valence-electron chi connectivity index (χ4n) is 4.83. The highest BCUT2D eigenvalue weighted by Gasteiger charge is 2.25. The average Bonchev–Trinajstić information content (AvgIpc) is 3.50. The van der Waals surface area contributed by atoms with E-state index in [2.05, 4.69) is 45.8 Å². The molecule has 10 heteroatoms. The van der Waals surface area contributed by atoms with Gasteiger partial charge in [-0.25, -0.2) is 9.97 Å². The van der Waals surface area contributed by atoms with Gasteiger partial charge in [0.1, 0.15) is 11.6 Å². The lowest BCUT2D eigenvalue weighted by atomic mass is 10.00. The number of hydrogen-bond donors (Lipinski definition) is 4. The first-order valence-electron chi connectivity index (χ1n) is 13.8. The van der Waals surface area contributed by atoms with E-state index in [9.17, 15) is 9.59 Å². The maximum absolute atomic E-state index is 12.2. The highest BCUT2D eigenvalue weighted by molar-refractivity contribution is 5.77. The van der Waals surface area contributed by atoms with E-state index < -0.39 is 0 Å². The minimum absolute atomic E-state index is 0.0334. The number of anilines is 2. The van der Waals surface area contributed by atoms with Crippen molar-refractivity contribution in [2.45, 2.75) is 39.7 Å². The molecule has 0 radical (unpaired) electrons. The Labute approximate surface area is 234 Å². The molecule has 2 aromatic carbocycles. The molecule has 5 rings (SSSR count). The Morgan fingerprint density at radius 3 is 2.60 bits per heavy atom. The second-order valence-corrected chi connectivity index (χ2v) is 10.7. The summed E-state index contributed by atoms with van der Waals surface area (Å²) in [6, 6.07) is 15.9. The fraction of sp³-hybridized carbons (Fsp3) is 0.400. The molecule has 2 aliphatic rings. The second kappa shape index (κ2) is 12.4. The van der Waals surface area contributed by atoms with Gasteiger partial charge in [0.2, 0.25) is 5.91 Å². The zero-order valence-electron chi connectivity index (χ0n) is 23.3. The summed E-state index contributed by atoms with van der Waals surface area (Å²) in [5, 5.41) is 6.36. The van der Waals surface area contributed by atoms with Crippen LogP contribution >= 0.6 is 0 Å². The van der Waals surface area contributed by atoms with Crippen LogP contribution in [0.1, 0.15) is 43.5 Å². The highest BCUT2D eigenvalue weighted by atomic mass is 16.5. The number of carbonyl (C=O) groups is 2. The number of carbonyl (C=O) groups excluding carboxylic acids is 2. The number of ether oxygens (including phenoxy) is 1. The van der Waals surface area contributed by atoms with Crippen LogP contribution in [0.5, 0.6) is 5.75 Å². The number of amides is 2. The summed E-state index contributed by atoms with van der Waals surface area (Å²) >= 11 is 0. The molecule has 0 spiro atoms. The van der Waals surface area contributed by atoms with Crippen LogP contribution in [-0.2, 0) is 22.6 Å². The Bertz CT molecular complexity index is 1350. The summed E-state index contributed by atoms with van der Waals surface area (Å²) in [7, 11) is 0. The molecule has 0 bridgehead atoms. The van der Waals surface area contributed by atoms with Crippen LogP contribution < -0.4 is 26.2 Å². The number of rotatable bonds is 9. The van der Waals surface area contributed by atoms with Crippen LogP contribution in [0.3, 0.4) is 0 Å². The zero-order chi connectivity index (χ0) is 28.1. The number of nitrogens with one attached hydrogen (secondary N) is 4. The van der Waals surface area contributed by atoms with E-state index in [4.69, 9.17) is 14.7 Å². The van der Waals surface area contributed by atoms with E-state index >= 15 is 0 Å². The SMILES string of the molecule is CC(=O)N1CCc2nc(-c3cccc(OCC(=O)NCC(C)C)c3)nc(Nc3ccc(C4CNNC4)cc3)c2C1. The lowest BCUT2D eigenvalue weighted by Gasteiger charge is -2.29. The van der Waals surface area contributed by atoms with Gasteiger partial charge in [-0.15, -0.1) is 0 Å². The molecule has 1 aromatic heterocycles. The standard InChI is InChI=1S/C30H37N7O3/c1-19(2)14-31-28(39)18-40-25-6-4-5-22(13-25)29-35-27-11-12-37(20(3)38)17-26(27)30(36-29)34-24-9-7-21(8-10-24)23-15-32-33-16-23/h4-10,13,19,23,32-33H,11-12,14-18H2,1-3H3,(H,31,39)(H,34,35,36). The van der Waals surface area contributed by atoms with Gasteiger partial charge >= 0.3 is 0 Å². The molecule has 0 atom stereocenters. The molecule has 10 nitrogen and oxygen atoms in total. The molecule has 4 N–H and O–H groups in total. The Morgan fingerprint density at radius 1 is 1.10 bits per heavy atom. The Hall–Kier alpha value is -4.02. The molecule has 0 unspecified atom stereocenters. The molecule has 1 saturated heterocycles. The van der Waals surface area contributed by atoms with Gasteiger partial charge in [-0.05, 0) is 35.7 Å². The molecule has 3 heterocycles. The minimum atomic E-state index is -0.155. The van der Waals surface area contributed by atoms with Crippen LogP contribution in [0.25, 0.3) is 11.4 Å². The van der Waals surface area contributed by atoms with E-state index in [1.165, 1.54) is 5.56 Å². The van der Waals surface area contributed by atoms with Crippen LogP contribution in [0.4, 0.5) is 11.5 Å². The normalized spacial score (nSPS) is 15.2. The monoisotopic (exact) mass is 543 g/mol. The largest absolute Gasteiger partial charge is 0.484 e. The molecule has 210 valence electrons. The molecule has 3 aromatic rings. The second-order valence-electron chi connectivity index (χ2n) is 10.7. The van der Waals surface area contributed by atoms with Crippen molar-refractivity contribution in [3.8, 4) is 17.1 Å². The van der Waals surface area contributed by atoms with E-state index in [0.29, 0.717) is 55.3 Å². The first-order valence-corrected chi connectivity index (χ1v) is 13.8. The number of nitrogens with zero attached hydrogens (tertiary/aromatic N) is 3. The summed E-state index contributed by atoms with van der Waals surface area (Å²) < 4.78 is 5.76. The van der Waals surface area contributed by atoms with Crippen molar-refractivity contribution in [3.05, 3.63) is 65.4 Å². The van der Waals surface area contributed by atoms with Crippen molar-refractivity contribution < 1.29 is 14.3 Å². The van der Waals surface area contributed by atoms with Crippen molar-refractivity contribution >= 4 is 23.3 Å². The van der Waals surface area contributed by atoms with E-state index in [0.717, 1.165) is 35.6 Å². The third-order valence-corrected chi connectivity index (χ3v) is 7.14. The quantitative estimate of drug-likeness (QED) is 0.325. The predicted molar refractivity (Wildman–Crippen MR) is 154 cm³/mol. The van der Waals surface area contributed by atoms with Crippen molar-refractivity contribution in [1.82, 2.24) is 31.0 Å². The number of fused-ring (bicyclic) bond motifs is 1. The minimum Gasteiger partial charge on any atom is -0.484 e. The summed E-state index contributed by atoms with van der Waals surface area (Å²) in [4.78, 5) is 35.9. The molecular weight excluding hydrogens is 506 g/mol. The summed E-state index contributed by atoms with van der Waals surface area (Å²) in [6.45, 7) is 9.12. The van der Waals surface area contributed by atoms with Crippen LogP contribution in [-0.4, -0.2) is 59.5 Å². The first kappa shape index (κ1) is 27.5. The van der Waals surface area contributed by atoms with Crippen molar-refractivity contribution in [1.29, 1.82) is 0 Å². The molecule has 2 amide bonds. The van der Waals surface area contributed by atoms with Gasteiger partial charge in [-0.1, -0.05) is 38.1 Å². The van der Waals surface area contributed by atoms with Gasteiger partial charge in [0.25, 0.3) is 5.91 Å². The smallest absolute Gasteiger partial charge is 0.257 e. The molecule has 40 heavy (non-hydrogen) atoms. The molecule has 0 aliphatic carbocycles. The van der Waals surface area contributed by atoms with Gasteiger partial charge < -0.3 is 20.3 Å². The lowest BCUT2D eigenvalue weighted by molar-refractivity contribution is -0.129. The summed E-state index contributed by atoms with van der Waals surface area (Å²) in [6.07, 6.45) is 0.645. The van der Waals surface area contributed by atoms with Gasteiger partial charge in [-0.3, -0.25) is 20.4 Å². The van der Waals surface area contributed by atoms with Gasteiger partial charge in [0.05, 0.1) is 12.2 Å². The van der Waals surface area contributed by atoms with Gasteiger partial charge in [0.15, 0.2) is 12.4 Å². The van der Waals surface area contributed by atoms with Crippen LogP contribution in [0.2, 0.25) is 0 Å². The van der Waals surface area contributed by atoms with E-state index in [1.54, 1.807) is 6.92 Å². The third-order valence-electron chi connectivity index (χ3n) is 7.14. The number of hydrazine groups is 1. The molecular formula is C30H37N7O3. The van der Waals surface area contributed by atoms with Gasteiger partial charge in [0, 0.05) is 62.3 Å². The zero-order valence-corrected chi connectivity index (χ0v) is 23.3. The number of benzene rings is 2. The maximum Gasteiger partial charge on any atom is 0.257 e. The Balaban J connectivity index is 1.39. The van der Waals surface area contributed by atoms with E-state index in [-0.39, 0.29) is 18.4 Å². The van der Waals surface area contributed by atoms with E-state index in [1.807, 2.05) is 43.0 Å². The third kappa shape index (κ3) is 6.75. The number of hydrogen-bond acceptors (Lipinski definition) is 8.